The number of hydrogen-bond donors (Lipinski definition) is 2. The Labute approximate surface area is 289 Å². The van der Waals surface area contributed by atoms with Crippen molar-refractivity contribution < 1.29 is 43.3 Å². The van der Waals surface area contributed by atoms with Crippen LogP contribution in [-0.2, 0) is 24.4 Å². The molecule has 0 saturated heterocycles. The van der Waals surface area contributed by atoms with Crippen molar-refractivity contribution in [3.05, 3.63) is 111 Å². The van der Waals surface area contributed by atoms with E-state index < -0.39 is 40.8 Å². The van der Waals surface area contributed by atoms with E-state index in [2.05, 4.69) is 5.16 Å². The quantitative estimate of drug-likeness (QED) is 0.157. The molecule has 3 aromatic carbocycles. The second kappa shape index (κ2) is 12.9. The van der Waals surface area contributed by atoms with Crippen molar-refractivity contribution in [1.29, 1.82) is 0 Å². The maximum atomic E-state index is 14.7. The van der Waals surface area contributed by atoms with Crippen LogP contribution in [0.15, 0.2) is 76.8 Å². The molecular weight excluding hydrogens is 640 g/mol. The number of hydrogen-bond acceptors (Lipinski definition) is 11. The van der Waals surface area contributed by atoms with Crippen molar-refractivity contribution in [1.82, 2.24) is 10.1 Å². The van der Waals surface area contributed by atoms with Gasteiger partial charge in [0.15, 0.2) is 17.6 Å². The van der Waals surface area contributed by atoms with Crippen molar-refractivity contribution in [2.45, 2.75) is 57.6 Å². The summed E-state index contributed by atoms with van der Waals surface area (Å²) in [7, 11) is 3.53. The van der Waals surface area contributed by atoms with E-state index in [1.165, 1.54) is 6.07 Å². The van der Waals surface area contributed by atoms with Gasteiger partial charge in [0.2, 0.25) is 11.6 Å². The van der Waals surface area contributed by atoms with Gasteiger partial charge in [-0.25, -0.2) is 0 Å². The first-order chi connectivity index (χ1) is 24.0. The fourth-order valence-corrected chi connectivity index (χ4v) is 7.62. The highest BCUT2D eigenvalue weighted by Gasteiger charge is 2.65. The largest absolute Gasteiger partial charge is 0.507 e. The number of ether oxygens (including phenoxy) is 3. The van der Waals surface area contributed by atoms with Crippen LogP contribution in [0.1, 0.15) is 75.0 Å². The Balaban J connectivity index is 1.34. The lowest BCUT2D eigenvalue weighted by atomic mass is 9.57. The number of Topliss-reactive ketones (excluding diaryl/α,β-unsaturated/α-hetero) is 2. The zero-order valence-electron chi connectivity index (χ0n) is 28.2. The van der Waals surface area contributed by atoms with Crippen molar-refractivity contribution in [3.8, 4) is 17.4 Å². The number of benzene rings is 3. The molecule has 0 spiro atoms. The number of fused-ring (bicyclic) bond motifs is 4. The van der Waals surface area contributed by atoms with E-state index in [0.29, 0.717) is 11.8 Å². The number of aliphatic hydroxyl groups is 2. The van der Waals surface area contributed by atoms with E-state index in [9.17, 15) is 24.6 Å². The number of rotatable bonds is 10. The molecule has 1 fully saturated rings. The molecule has 0 unspecified atom stereocenters. The lowest BCUT2D eigenvalue weighted by molar-refractivity contribution is -0.142. The molecule has 11 nitrogen and oxygen atoms in total. The third-order valence-electron chi connectivity index (χ3n) is 9.79. The summed E-state index contributed by atoms with van der Waals surface area (Å²) in [5, 5.41) is 28.5. The summed E-state index contributed by atoms with van der Waals surface area (Å²) in [6.45, 7) is 3.86. The van der Waals surface area contributed by atoms with Crippen LogP contribution in [0.25, 0.3) is 5.76 Å². The van der Waals surface area contributed by atoms with E-state index in [1.807, 2.05) is 74.5 Å². The molecule has 1 heterocycles. The van der Waals surface area contributed by atoms with Crippen LogP contribution < -0.4 is 14.2 Å². The highest BCUT2D eigenvalue weighted by Crippen LogP contribution is 2.57. The highest BCUT2D eigenvalue weighted by atomic mass is 16.5. The second-order valence-electron chi connectivity index (χ2n) is 13.5. The van der Waals surface area contributed by atoms with E-state index >= 15 is 0 Å². The van der Waals surface area contributed by atoms with E-state index in [4.69, 9.17) is 18.7 Å². The molecule has 50 heavy (non-hydrogen) atoms. The molecular formula is C39H38N2O9. The first-order valence-corrected chi connectivity index (χ1v) is 16.6. The predicted octanol–water partition coefficient (Wildman–Crippen LogP) is 5.69. The molecule has 0 aliphatic heterocycles. The van der Waals surface area contributed by atoms with Gasteiger partial charge in [-0.05, 0) is 69.1 Å². The topological polar surface area (TPSA) is 149 Å². The fourth-order valence-electron chi connectivity index (χ4n) is 7.62. The van der Waals surface area contributed by atoms with Gasteiger partial charge < -0.3 is 28.9 Å². The van der Waals surface area contributed by atoms with Crippen LogP contribution in [0.2, 0.25) is 0 Å². The summed E-state index contributed by atoms with van der Waals surface area (Å²) in [6.07, 6.45) is 0.681. The summed E-state index contributed by atoms with van der Waals surface area (Å²) in [5.74, 6) is -3.27. The van der Waals surface area contributed by atoms with Gasteiger partial charge >= 0.3 is 0 Å². The zero-order chi connectivity index (χ0) is 35.3. The number of carbonyl (C=O) groups is 3. The molecule has 4 atom stereocenters. The van der Waals surface area contributed by atoms with Crippen LogP contribution in [0, 0.1) is 11.8 Å². The molecule has 11 heteroatoms. The van der Waals surface area contributed by atoms with E-state index in [1.54, 1.807) is 19.0 Å². The number of carbonyl (C=O) groups excluding carboxylic acids is 3. The highest BCUT2D eigenvalue weighted by molar-refractivity contribution is 6.26. The summed E-state index contributed by atoms with van der Waals surface area (Å²) >= 11 is 0. The summed E-state index contributed by atoms with van der Waals surface area (Å²) in [5.41, 5.74) is -0.121. The Morgan fingerprint density at radius 1 is 0.980 bits per heavy atom. The molecule has 4 aromatic rings. The Bertz CT molecular complexity index is 2000. The molecule has 3 aliphatic carbocycles. The van der Waals surface area contributed by atoms with Gasteiger partial charge in [-0.3, -0.25) is 19.3 Å². The monoisotopic (exact) mass is 678 g/mol. The normalized spacial score (nSPS) is 22.5. The minimum atomic E-state index is -2.55. The van der Waals surface area contributed by atoms with Crippen LogP contribution in [0.5, 0.6) is 17.4 Å². The molecule has 3 aliphatic rings. The fraction of sp³-hybridized carbons (Fsp3) is 0.333. The Hall–Kier alpha value is -5.26. The molecule has 0 radical (unpaired) electrons. The third kappa shape index (κ3) is 5.37. The molecule has 1 aromatic heterocycles. The summed E-state index contributed by atoms with van der Waals surface area (Å²) in [4.78, 5) is 43.3. The number of nitrogens with zero attached hydrogens (tertiary/aromatic N) is 2. The Kier molecular flexibility index (Phi) is 8.57. The van der Waals surface area contributed by atoms with Crippen molar-refractivity contribution in [2.75, 3.05) is 14.1 Å². The number of aromatic nitrogens is 1. The Morgan fingerprint density at radius 2 is 1.62 bits per heavy atom. The number of ketones is 2. The standard InChI is InChI=1S/C39H38N2O9/c1-21(2)49-34-25(18-42)17-28(47-19-22-11-7-5-8-12-22)30-26(34)15-24-16-27-32(41(3)4)35-31(37(45)39(27,46)36(44)29(24)33(30)43)38(40-50-35)48-20-23-13-9-6-10-14-23/h5-14,17-18,21,24,27,32,43,46H,15-16,19-20H2,1-4H3/t24-,27-,32-,39-/m0/s1. The van der Waals surface area contributed by atoms with Gasteiger partial charge in [0.05, 0.1) is 23.3 Å². The van der Waals surface area contributed by atoms with Gasteiger partial charge in [0, 0.05) is 17.1 Å². The molecule has 7 rings (SSSR count). The average Bonchev–Trinajstić information content (AvgIpc) is 3.52. The van der Waals surface area contributed by atoms with Crippen LogP contribution in [0.3, 0.4) is 0 Å². The van der Waals surface area contributed by atoms with Crippen molar-refractivity contribution in [3.63, 3.8) is 0 Å². The van der Waals surface area contributed by atoms with Gasteiger partial charge in [-0.15, -0.1) is 0 Å². The first kappa shape index (κ1) is 33.2. The third-order valence-corrected chi connectivity index (χ3v) is 9.79. The van der Waals surface area contributed by atoms with Crippen LogP contribution in [0.4, 0.5) is 0 Å². The summed E-state index contributed by atoms with van der Waals surface area (Å²) in [6, 6.07) is 19.4. The van der Waals surface area contributed by atoms with Gasteiger partial charge in [-0.2, -0.15) is 0 Å². The average molecular weight is 679 g/mol. The minimum Gasteiger partial charge on any atom is -0.507 e. The van der Waals surface area contributed by atoms with Crippen molar-refractivity contribution in [2.24, 2.45) is 11.8 Å². The maximum absolute atomic E-state index is 14.7. The molecule has 0 amide bonds. The van der Waals surface area contributed by atoms with Gasteiger partial charge in [-0.1, -0.05) is 60.7 Å². The van der Waals surface area contributed by atoms with Gasteiger partial charge in [0.1, 0.15) is 36.0 Å². The summed E-state index contributed by atoms with van der Waals surface area (Å²) < 4.78 is 24.0. The molecule has 2 N–H and O–H groups in total. The van der Waals surface area contributed by atoms with E-state index in [-0.39, 0.29) is 77.6 Å². The second-order valence-corrected chi connectivity index (χ2v) is 13.5. The van der Waals surface area contributed by atoms with E-state index in [0.717, 1.165) is 11.1 Å². The molecule has 258 valence electrons. The predicted molar refractivity (Wildman–Crippen MR) is 181 cm³/mol. The zero-order valence-corrected chi connectivity index (χ0v) is 28.2. The van der Waals surface area contributed by atoms with Crippen molar-refractivity contribution >= 4 is 23.6 Å². The SMILES string of the molecule is CC(C)Oc1c(C=O)cc(OCc2ccccc2)c2c1C[C@H]1C[C@H]3[C@H](N(C)C)c4onc(OCc5ccccc5)c4C(=O)[C@@]3(O)C(=O)C1=C2O. The maximum Gasteiger partial charge on any atom is 0.265 e. The smallest absolute Gasteiger partial charge is 0.265 e. The van der Waals surface area contributed by atoms with Crippen LogP contribution >= 0.6 is 0 Å². The Morgan fingerprint density at radius 3 is 2.22 bits per heavy atom. The molecule has 1 saturated carbocycles. The number of aldehydes is 1. The number of aliphatic hydroxyl groups excluding tert-OH is 1. The lowest BCUT2D eigenvalue weighted by Gasteiger charge is -2.49. The molecule has 0 bridgehead atoms. The van der Waals surface area contributed by atoms with Gasteiger partial charge in [0.25, 0.3) is 5.88 Å². The first-order valence-electron chi connectivity index (χ1n) is 16.6. The van der Waals surface area contributed by atoms with Crippen LogP contribution in [-0.4, -0.2) is 63.9 Å². The lowest BCUT2D eigenvalue weighted by Crippen LogP contribution is -2.63. The minimum absolute atomic E-state index is 0.0762.